The van der Waals surface area contributed by atoms with Crippen LogP contribution in [0.4, 0.5) is 8.78 Å². The monoisotopic (exact) mass is 272 g/mol. The van der Waals surface area contributed by atoms with Crippen LogP contribution in [0.25, 0.3) is 0 Å². The summed E-state index contributed by atoms with van der Waals surface area (Å²) < 4.78 is 34.2. The Bertz CT molecular complexity index is 450. The molecule has 0 aromatic heterocycles. The molecule has 0 aliphatic heterocycles. The highest BCUT2D eigenvalue weighted by Gasteiger charge is 2.19. The molecular weight excluding hydrogens is 254 g/mol. The normalized spacial score (nSPS) is 11.7. The number of rotatable bonds is 5. The largest absolute Gasteiger partial charge is 0.434 e. The molecule has 0 heterocycles. The Labute approximate surface area is 111 Å². The van der Waals surface area contributed by atoms with Crippen molar-refractivity contribution in [2.45, 2.75) is 39.9 Å². The smallest absolute Gasteiger partial charge is 0.387 e. The first kappa shape index (κ1) is 15.6. The minimum atomic E-state index is -2.96. The van der Waals surface area contributed by atoms with E-state index in [1.54, 1.807) is 13.0 Å². The molecule has 1 aromatic carbocycles. The number of alkyl halides is 2. The fraction of sp³-hybridized carbons (Fsp3) is 0.500. The highest BCUT2D eigenvalue weighted by atomic mass is 19.3. The highest BCUT2D eigenvalue weighted by Crippen LogP contribution is 2.23. The number of carbonyl (C=O) groups is 1. The molecule has 3 nitrogen and oxygen atoms in total. The second-order valence-electron chi connectivity index (χ2n) is 5.20. The maximum atomic E-state index is 12.3. The summed E-state index contributed by atoms with van der Waals surface area (Å²) in [4.78, 5) is 12.0. The summed E-state index contributed by atoms with van der Waals surface area (Å²) in [5.41, 5.74) is 0.439. The lowest BCUT2D eigenvalue weighted by atomic mass is 10.1. The van der Waals surface area contributed by atoms with Crippen LogP contribution in [0.1, 0.15) is 36.7 Å². The van der Waals surface area contributed by atoms with E-state index in [0.29, 0.717) is 0 Å². The first-order valence-corrected chi connectivity index (χ1v) is 5.91. The van der Waals surface area contributed by atoms with E-state index in [1.807, 2.05) is 20.8 Å². The summed E-state index contributed by atoms with van der Waals surface area (Å²) >= 11 is 0. The lowest BCUT2D eigenvalue weighted by molar-refractivity contribution is -0.0504. The quantitative estimate of drug-likeness (QED) is 0.768. The second kappa shape index (κ2) is 6.10. The molecule has 5 heteroatoms. The molecule has 0 aliphatic carbocycles. The number of hydrogen-bond donors (Lipinski definition) is 0. The number of carbonyl (C=O) groups excluding carboxylic acids is 1. The number of halogens is 2. The van der Waals surface area contributed by atoms with Crippen LogP contribution in [0.2, 0.25) is 0 Å². The molecule has 0 spiro atoms. The molecule has 0 aliphatic rings. The van der Waals surface area contributed by atoms with Gasteiger partial charge >= 0.3 is 6.61 Å². The first-order chi connectivity index (χ1) is 8.69. The molecule has 1 aromatic rings. The third kappa shape index (κ3) is 5.34. The Morgan fingerprint density at radius 1 is 1.32 bits per heavy atom. The van der Waals surface area contributed by atoms with Gasteiger partial charge in [0.05, 0.1) is 11.2 Å². The molecule has 0 unspecified atom stereocenters. The number of Topliss-reactive ketones (excluding diaryl/α,β-unsaturated/α-hetero) is 1. The standard InChI is InChI=1S/C14H18F2O3/c1-9-5-6-12(19-13(15)16)10(7-9)11(17)8-18-14(2,3)4/h5-7,13H,8H2,1-4H3. The topological polar surface area (TPSA) is 35.5 Å². The van der Waals surface area contributed by atoms with Crippen LogP contribution in [0.3, 0.4) is 0 Å². The maximum Gasteiger partial charge on any atom is 0.387 e. The van der Waals surface area contributed by atoms with Crippen molar-refractivity contribution in [3.8, 4) is 5.75 Å². The van der Waals surface area contributed by atoms with Gasteiger partial charge < -0.3 is 9.47 Å². The van der Waals surface area contributed by atoms with Gasteiger partial charge in [-0.3, -0.25) is 4.79 Å². The molecule has 1 rings (SSSR count). The predicted octanol–water partition coefficient (Wildman–Crippen LogP) is 3.59. The zero-order valence-electron chi connectivity index (χ0n) is 11.5. The summed E-state index contributed by atoms with van der Waals surface area (Å²) in [6.07, 6.45) is 0. The molecule has 0 radical (unpaired) electrons. The molecular formula is C14H18F2O3. The molecule has 0 atom stereocenters. The average molecular weight is 272 g/mol. The van der Waals surface area contributed by atoms with Crippen molar-refractivity contribution >= 4 is 5.78 Å². The summed E-state index contributed by atoms with van der Waals surface area (Å²) in [5.74, 6) is -0.502. The van der Waals surface area contributed by atoms with Gasteiger partial charge in [0.2, 0.25) is 0 Å². The Balaban J connectivity index is 2.90. The van der Waals surface area contributed by atoms with Gasteiger partial charge in [-0.25, -0.2) is 0 Å². The van der Waals surface area contributed by atoms with Crippen LogP contribution in [0.5, 0.6) is 5.75 Å². The third-order valence-corrected chi connectivity index (χ3v) is 2.29. The van der Waals surface area contributed by atoms with Crippen LogP contribution in [0, 0.1) is 6.92 Å². The van der Waals surface area contributed by atoms with E-state index in [9.17, 15) is 13.6 Å². The van der Waals surface area contributed by atoms with Crippen LogP contribution in [0.15, 0.2) is 18.2 Å². The van der Waals surface area contributed by atoms with Gasteiger partial charge in [0.25, 0.3) is 0 Å². The molecule has 0 saturated heterocycles. The van der Waals surface area contributed by atoms with E-state index in [1.165, 1.54) is 12.1 Å². The number of benzene rings is 1. The van der Waals surface area contributed by atoms with E-state index < -0.39 is 12.2 Å². The van der Waals surface area contributed by atoms with Crippen molar-refractivity contribution in [1.29, 1.82) is 0 Å². The first-order valence-electron chi connectivity index (χ1n) is 5.91. The number of aryl methyl sites for hydroxylation is 1. The van der Waals surface area contributed by atoms with Crippen LogP contribution < -0.4 is 4.74 Å². The van der Waals surface area contributed by atoms with Gasteiger partial charge in [0.1, 0.15) is 12.4 Å². The Morgan fingerprint density at radius 2 is 1.95 bits per heavy atom. The van der Waals surface area contributed by atoms with Crippen LogP contribution in [-0.4, -0.2) is 24.6 Å². The minimum Gasteiger partial charge on any atom is -0.434 e. The summed E-state index contributed by atoms with van der Waals surface area (Å²) in [6, 6.07) is 4.50. The van der Waals surface area contributed by atoms with Gasteiger partial charge in [-0.15, -0.1) is 0 Å². The van der Waals surface area contributed by atoms with E-state index in [-0.39, 0.29) is 23.7 Å². The van der Waals surface area contributed by atoms with Gasteiger partial charge in [-0.05, 0) is 39.8 Å². The number of ketones is 1. The van der Waals surface area contributed by atoms with Crippen molar-refractivity contribution in [1.82, 2.24) is 0 Å². The number of hydrogen-bond acceptors (Lipinski definition) is 3. The second-order valence-corrected chi connectivity index (χ2v) is 5.20. The van der Waals surface area contributed by atoms with Gasteiger partial charge in [-0.2, -0.15) is 8.78 Å². The van der Waals surface area contributed by atoms with Gasteiger partial charge in [0.15, 0.2) is 5.78 Å². The fourth-order valence-electron chi connectivity index (χ4n) is 1.42. The molecule has 0 amide bonds. The Morgan fingerprint density at radius 3 is 2.47 bits per heavy atom. The SMILES string of the molecule is Cc1ccc(OC(F)F)c(C(=O)COC(C)(C)C)c1. The fourth-order valence-corrected chi connectivity index (χ4v) is 1.42. The average Bonchev–Trinajstić information content (AvgIpc) is 2.27. The van der Waals surface area contributed by atoms with E-state index in [4.69, 9.17) is 4.74 Å². The number of ether oxygens (including phenoxy) is 2. The summed E-state index contributed by atoms with van der Waals surface area (Å²) in [6.45, 7) is 4.07. The zero-order chi connectivity index (χ0) is 14.6. The molecule has 0 N–H and O–H groups in total. The predicted molar refractivity (Wildman–Crippen MR) is 67.8 cm³/mol. The van der Waals surface area contributed by atoms with E-state index in [0.717, 1.165) is 5.56 Å². The minimum absolute atomic E-state index is 0.115. The van der Waals surface area contributed by atoms with Crippen molar-refractivity contribution in [2.24, 2.45) is 0 Å². The maximum absolute atomic E-state index is 12.3. The lowest BCUT2D eigenvalue weighted by Gasteiger charge is -2.19. The lowest BCUT2D eigenvalue weighted by Crippen LogP contribution is -2.24. The molecule has 0 bridgehead atoms. The van der Waals surface area contributed by atoms with Crippen molar-refractivity contribution in [3.05, 3.63) is 29.3 Å². The molecule has 0 saturated carbocycles. The summed E-state index contributed by atoms with van der Waals surface area (Å²) in [5, 5.41) is 0. The summed E-state index contributed by atoms with van der Waals surface area (Å²) in [7, 11) is 0. The van der Waals surface area contributed by atoms with E-state index >= 15 is 0 Å². The zero-order valence-corrected chi connectivity index (χ0v) is 11.5. The van der Waals surface area contributed by atoms with Crippen LogP contribution in [-0.2, 0) is 4.74 Å². The van der Waals surface area contributed by atoms with Crippen molar-refractivity contribution in [2.75, 3.05) is 6.61 Å². The Kier molecular flexibility index (Phi) is 5.00. The van der Waals surface area contributed by atoms with Gasteiger partial charge in [-0.1, -0.05) is 11.6 Å². The van der Waals surface area contributed by atoms with Gasteiger partial charge in [0, 0.05) is 0 Å². The Hall–Kier alpha value is -1.49. The van der Waals surface area contributed by atoms with Crippen molar-refractivity contribution < 1.29 is 23.0 Å². The van der Waals surface area contributed by atoms with E-state index in [2.05, 4.69) is 4.74 Å². The van der Waals surface area contributed by atoms with Crippen molar-refractivity contribution in [3.63, 3.8) is 0 Å². The highest BCUT2D eigenvalue weighted by molar-refractivity contribution is 5.99. The molecule has 0 fully saturated rings. The molecule has 19 heavy (non-hydrogen) atoms. The van der Waals surface area contributed by atoms with Crippen LogP contribution >= 0.6 is 0 Å². The molecule has 106 valence electrons. The third-order valence-electron chi connectivity index (χ3n) is 2.29.